The third kappa shape index (κ3) is 2.25. The van der Waals surface area contributed by atoms with Crippen molar-refractivity contribution in [2.24, 2.45) is 7.05 Å². The first-order valence-electron chi connectivity index (χ1n) is 8.18. The van der Waals surface area contributed by atoms with Gasteiger partial charge >= 0.3 is 0 Å². The molecule has 8 nitrogen and oxygen atoms in total. The number of aromatic nitrogens is 6. The zero-order valence-electron chi connectivity index (χ0n) is 14.0. The van der Waals surface area contributed by atoms with Gasteiger partial charge in [-0.05, 0) is 25.1 Å². The molecule has 1 fully saturated rings. The van der Waals surface area contributed by atoms with E-state index in [4.69, 9.17) is 9.72 Å². The standard InChI is InChI=1S/C17H17N7O/c1-10-19-14-4-3-13(21-16(14)23(10)2)12-5-6-24-15(12)7-18-17(22-24)20-11-8-25-9-11/h3-7,11H,8-9H2,1-2H3,(H,20,22). The summed E-state index contributed by atoms with van der Waals surface area (Å²) in [7, 11) is 1.98. The van der Waals surface area contributed by atoms with E-state index in [1.165, 1.54) is 0 Å². The first-order valence-corrected chi connectivity index (χ1v) is 8.18. The van der Waals surface area contributed by atoms with Gasteiger partial charge in [0.25, 0.3) is 0 Å². The SMILES string of the molecule is Cc1nc2ccc(-c3ccn4nc(NC5COC5)ncc34)nc2n1C. The van der Waals surface area contributed by atoms with Gasteiger partial charge in [-0.3, -0.25) is 0 Å². The zero-order valence-corrected chi connectivity index (χ0v) is 14.0. The third-order valence-corrected chi connectivity index (χ3v) is 4.60. The lowest BCUT2D eigenvalue weighted by Crippen LogP contribution is -2.40. The fourth-order valence-electron chi connectivity index (χ4n) is 3.01. The van der Waals surface area contributed by atoms with E-state index in [0.29, 0.717) is 25.2 Å². The number of imidazole rings is 1. The zero-order chi connectivity index (χ0) is 17.0. The molecule has 5 heterocycles. The topological polar surface area (TPSA) is 82.2 Å². The van der Waals surface area contributed by atoms with Crippen LogP contribution in [-0.4, -0.2) is 48.4 Å². The number of anilines is 1. The van der Waals surface area contributed by atoms with Crippen molar-refractivity contribution in [1.29, 1.82) is 0 Å². The highest BCUT2D eigenvalue weighted by atomic mass is 16.5. The molecule has 1 saturated heterocycles. The number of hydrogen-bond donors (Lipinski definition) is 1. The molecule has 0 amide bonds. The molecule has 0 saturated carbocycles. The molecule has 4 aromatic rings. The Morgan fingerprint density at radius 3 is 2.88 bits per heavy atom. The maximum Gasteiger partial charge on any atom is 0.241 e. The molecule has 0 spiro atoms. The summed E-state index contributed by atoms with van der Waals surface area (Å²) >= 11 is 0. The summed E-state index contributed by atoms with van der Waals surface area (Å²) in [6.45, 7) is 3.38. The Bertz CT molecular complexity index is 1090. The van der Waals surface area contributed by atoms with Crippen molar-refractivity contribution >= 4 is 22.6 Å². The molecule has 0 atom stereocenters. The Kier molecular flexibility index (Phi) is 3.01. The number of aryl methyl sites for hydroxylation is 2. The molecule has 126 valence electrons. The van der Waals surface area contributed by atoms with Gasteiger partial charge in [0.05, 0.1) is 36.7 Å². The molecular formula is C17H17N7O. The minimum Gasteiger partial charge on any atom is -0.377 e. The molecule has 5 rings (SSSR count). The monoisotopic (exact) mass is 335 g/mol. The van der Waals surface area contributed by atoms with E-state index in [0.717, 1.165) is 33.8 Å². The van der Waals surface area contributed by atoms with Crippen LogP contribution in [0.25, 0.3) is 27.9 Å². The molecule has 0 aliphatic carbocycles. The molecule has 25 heavy (non-hydrogen) atoms. The summed E-state index contributed by atoms with van der Waals surface area (Å²) in [5.41, 5.74) is 4.58. The molecule has 0 radical (unpaired) electrons. The van der Waals surface area contributed by atoms with Crippen molar-refractivity contribution in [3.05, 3.63) is 36.4 Å². The number of hydrogen-bond acceptors (Lipinski definition) is 6. The highest BCUT2D eigenvalue weighted by Gasteiger charge is 2.19. The van der Waals surface area contributed by atoms with E-state index < -0.39 is 0 Å². The molecule has 8 heteroatoms. The summed E-state index contributed by atoms with van der Waals surface area (Å²) in [6, 6.07) is 6.30. The second-order valence-corrected chi connectivity index (χ2v) is 6.28. The minimum atomic E-state index is 0.296. The smallest absolute Gasteiger partial charge is 0.241 e. The second kappa shape index (κ2) is 5.25. The molecule has 0 bridgehead atoms. The summed E-state index contributed by atoms with van der Waals surface area (Å²) < 4.78 is 8.98. The highest BCUT2D eigenvalue weighted by molar-refractivity contribution is 5.82. The molecule has 1 N–H and O–H groups in total. The van der Waals surface area contributed by atoms with Crippen LogP contribution in [0.15, 0.2) is 30.6 Å². The maximum atomic E-state index is 5.16. The first-order chi connectivity index (χ1) is 12.2. The van der Waals surface area contributed by atoms with Crippen LogP contribution in [0.2, 0.25) is 0 Å². The third-order valence-electron chi connectivity index (χ3n) is 4.60. The number of nitrogens with one attached hydrogen (secondary N) is 1. The van der Waals surface area contributed by atoms with Gasteiger partial charge in [-0.15, -0.1) is 5.10 Å². The fourth-order valence-corrected chi connectivity index (χ4v) is 3.01. The number of pyridine rings is 1. The summed E-state index contributed by atoms with van der Waals surface area (Å²) in [4.78, 5) is 13.7. The van der Waals surface area contributed by atoms with Crippen LogP contribution in [0.5, 0.6) is 0 Å². The van der Waals surface area contributed by atoms with Crippen molar-refractivity contribution in [3.8, 4) is 11.3 Å². The summed E-state index contributed by atoms with van der Waals surface area (Å²) in [6.07, 6.45) is 3.75. The van der Waals surface area contributed by atoms with E-state index in [1.54, 1.807) is 0 Å². The van der Waals surface area contributed by atoms with Gasteiger partial charge in [0.1, 0.15) is 11.3 Å². The van der Waals surface area contributed by atoms with Gasteiger partial charge in [-0.2, -0.15) is 0 Å². The number of ether oxygens (including phenoxy) is 1. The largest absolute Gasteiger partial charge is 0.377 e. The van der Waals surface area contributed by atoms with Gasteiger partial charge in [0.15, 0.2) is 5.65 Å². The van der Waals surface area contributed by atoms with Crippen LogP contribution in [0, 0.1) is 6.92 Å². The molecule has 0 aromatic carbocycles. The van der Waals surface area contributed by atoms with Gasteiger partial charge in [0, 0.05) is 18.8 Å². The normalized spacial score (nSPS) is 15.0. The highest BCUT2D eigenvalue weighted by Crippen LogP contribution is 2.26. The minimum absolute atomic E-state index is 0.296. The summed E-state index contributed by atoms with van der Waals surface area (Å²) in [5, 5.41) is 7.78. The van der Waals surface area contributed by atoms with Gasteiger partial charge < -0.3 is 14.6 Å². The lowest BCUT2D eigenvalue weighted by molar-refractivity contribution is 0.0207. The number of nitrogens with zero attached hydrogens (tertiary/aromatic N) is 6. The Hall–Kier alpha value is -3.00. The first kappa shape index (κ1) is 14.4. The molecule has 0 unspecified atom stereocenters. The Morgan fingerprint density at radius 1 is 1.20 bits per heavy atom. The Morgan fingerprint density at radius 2 is 2.08 bits per heavy atom. The lowest BCUT2D eigenvalue weighted by atomic mass is 10.2. The van der Waals surface area contributed by atoms with E-state index >= 15 is 0 Å². The van der Waals surface area contributed by atoms with Gasteiger partial charge in [-0.25, -0.2) is 19.5 Å². The van der Waals surface area contributed by atoms with Crippen LogP contribution >= 0.6 is 0 Å². The Labute approximate surface area is 143 Å². The van der Waals surface area contributed by atoms with Gasteiger partial charge in [-0.1, -0.05) is 0 Å². The molecule has 4 aromatic heterocycles. The van der Waals surface area contributed by atoms with Crippen molar-refractivity contribution < 1.29 is 4.74 Å². The second-order valence-electron chi connectivity index (χ2n) is 6.28. The van der Waals surface area contributed by atoms with E-state index in [2.05, 4.69) is 20.4 Å². The summed E-state index contributed by atoms with van der Waals surface area (Å²) in [5.74, 6) is 1.55. The molecule has 1 aliphatic heterocycles. The van der Waals surface area contributed by atoms with Crippen LogP contribution < -0.4 is 5.32 Å². The molecule has 1 aliphatic rings. The van der Waals surface area contributed by atoms with Crippen LogP contribution in [-0.2, 0) is 11.8 Å². The van der Waals surface area contributed by atoms with Crippen LogP contribution in [0.4, 0.5) is 5.95 Å². The fraction of sp³-hybridized carbons (Fsp3) is 0.294. The molecular weight excluding hydrogens is 318 g/mol. The van der Waals surface area contributed by atoms with Crippen molar-refractivity contribution in [1.82, 2.24) is 29.1 Å². The van der Waals surface area contributed by atoms with Crippen molar-refractivity contribution in [2.75, 3.05) is 18.5 Å². The Balaban J connectivity index is 1.57. The number of fused-ring (bicyclic) bond motifs is 2. The van der Waals surface area contributed by atoms with Crippen LogP contribution in [0.3, 0.4) is 0 Å². The van der Waals surface area contributed by atoms with Crippen LogP contribution in [0.1, 0.15) is 5.82 Å². The van der Waals surface area contributed by atoms with Crippen molar-refractivity contribution in [3.63, 3.8) is 0 Å². The average molecular weight is 335 g/mol. The van der Waals surface area contributed by atoms with E-state index in [1.807, 2.05) is 53.6 Å². The van der Waals surface area contributed by atoms with Crippen molar-refractivity contribution in [2.45, 2.75) is 13.0 Å². The maximum absolute atomic E-state index is 5.16. The van der Waals surface area contributed by atoms with Gasteiger partial charge in [0.2, 0.25) is 5.95 Å². The predicted molar refractivity (Wildman–Crippen MR) is 93.5 cm³/mol. The van der Waals surface area contributed by atoms with E-state index in [-0.39, 0.29) is 0 Å². The van der Waals surface area contributed by atoms with E-state index in [9.17, 15) is 0 Å². The average Bonchev–Trinajstić information content (AvgIpc) is 3.12. The quantitative estimate of drug-likeness (QED) is 0.615. The predicted octanol–water partition coefficient (Wildman–Crippen LogP) is 1.80. The lowest BCUT2D eigenvalue weighted by Gasteiger charge is -2.26. The number of rotatable bonds is 3.